The van der Waals surface area contributed by atoms with Crippen LogP contribution in [0.15, 0.2) is 30.5 Å². The van der Waals surface area contributed by atoms with E-state index in [1.165, 1.54) is 12.1 Å². The molecule has 1 unspecified atom stereocenters. The van der Waals surface area contributed by atoms with Crippen LogP contribution in [0.2, 0.25) is 20.1 Å². The number of hydrogen-bond donors (Lipinski definition) is 2. The number of Topliss-reactive ketones (excluding diaryl/α,β-unsaturated/α-hetero) is 1. The van der Waals surface area contributed by atoms with Crippen LogP contribution in [0.1, 0.15) is 47.3 Å². The molecule has 0 fully saturated rings. The second-order valence-electron chi connectivity index (χ2n) is 9.93. The van der Waals surface area contributed by atoms with E-state index in [1.54, 1.807) is 20.8 Å². The van der Waals surface area contributed by atoms with Gasteiger partial charge in [0.1, 0.15) is 10.8 Å². The molecule has 11 nitrogen and oxygen atoms in total. The Hall–Kier alpha value is -3.64. The van der Waals surface area contributed by atoms with Gasteiger partial charge in [-0.3, -0.25) is 29.8 Å². The monoisotopic (exact) mass is 799 g/mol. The lowest BCUT2D eigenvalue weighted by Gasteiger charge is -2.27. The van der Waals surface area contributed by atoms with Crippen molar-refractivity contribution in [3.8, 4) is 0 Å². The summed E-state index contributed by atoms with van der Waals surface area (Å²) in [4.78, 5) is 46.9. The minimum atomic E-state index is -5.27. The summed E-state index contributed by atoms with van der Waals surface area (Å²) in [5.74, 6) is -1.52. The summed E-state index contributed by atoms with van der Waals surface area (Å²) in [7, 11) is 0. The van der Waals surface area contributed by atoms with E-state index >= 15 is 0 Å². The molecule has 2 N–H and O–H groups in total. The van der Waals surface area contributed by atoms with Gasteiger partial charge in [0.25, 0.3) is 5.91 Å². The topological polar surface area (TPSA) is 157 Å². The minimum Gasteiger partial charge on any atom is -0.340 e. The molecule has 22 heteroatoms. The van der Waals surface area contributed by atoms with E-state index in [9.17, 15) is 56.2 Å². The van der Waals surface area contributed by atoms with Crippen molar-refractivity contribution in [3.63, 3.8) is 0 Å². The second kappa shape index (κ2) is 15.9. The summed E-state index contributed by atoms with van der Waals surface area (Å²) >= 11 is 28.6. The Kier molecular flexibility index (Phi) is 13.5. The van der Waals surface area contributed by atoms with E-state index < -0.39 is 77.7 Å². The molecule has 1 aromatic heterocycles. The maximum absolute atomic E-state index is 13.0. The van der Waals surface area contributed by atoms with Gasteiger partial charge in [-0.1, -0.05) is 53.3 Å². The second-order valence-corrected chi connectivity index (χ2v) is 11.8. The third kappa shape index (κ3) is 9.97. The first-order valence-electron chi connectivity index (χ1n) is 13.0. The summed E-state index contributed by atoms with van der Waals surface area (Å²) in [6.45, 7) is 5.21. The van der Waals surface area contributed by atoms with Gasteiger partial charge in [-0.05, 0) is 44.0 Å². The van der Waals surface area contributed by atoms with E-state index in [2.05, 4.69) is 10.3 Å². The summed E-state index contributed by atoms with van der Waals surface area (Å²) in [6, 6.07) is 3.36. The highest BCUT2D eigenvalue weighted by molar-refractivity contribution is 6.37. The minimum absolute atomic E-state index is 0.0599. The van der Waals surface area contributed by atoms with Gasteiger partial charge in [-0.2, -0.15) is 26.3 Å². The normalized spacial score (nSPS) is 12.7. The van der Waals surface area contributed by atoms with Crippen LogP contribution < -0.4 is 10.6 Å². The Balaban J connectivity index is 0.000000365. The molecule has 0 spiro atoms. The summed E-state index contributed by atoms with van der Waals surface area (Å²) in [5, 5.41) is 25.6. The first-order valence-corrected chi connectivity index (χ1v) is 15.0. The molecule has 0 saturated carbocycles. The molecule has 1 atom stereocenters. The Labute approximate surface area is 297 Å². The van der Waals surface area contributed by atoms with Crippen molar-refractivity contribution in [1.29, 1.82) is 0 Å². The van der Waals surface area contributed by atoms with E-state index in [4.69, 9.17) is 58.0 Å². The number of amides is 1. The van der Waals surface area contributed by atoms with E-state index in [0.717, 1.165) is 0 Å². The van der Waals surface area contributed by atoms with Gasteiger partial charge >= 0.3 is 23.7 Å². The van der Waals surface area contributed by atoms with Crippen LogP contribution in [-0.2, 0) is 17.1 Å². The standard InChI is InChI=1S/C14H16Cl3NO2.C13H4Cl2F6N4O4/c1-4-14(3,12(19)7-15)18-13(20)9-5-10(16)8(2)11(17)6-9;14-6-1-4(12(16,17)18)3-22-11(6)23-9-7(24(26)27)2-5(13(19,20)21)8(15)10(9)25(28)29/h5-6H,4,7H2,1-3H3,(H,18,20);1-3H,(H,22,23). The molecule has 0 saturated heterocycles. The van der Waals surface area contributed by atoms with E-state index in [-0.39, 0.29) is 23.9 Å². The maximum Gasteiger partial charge on any atom is 0.418 e. The lowest BCUT2D eigenvalue weighted by Crippen LogP contribution is -2.52. The Bertz CT molecular complexity index is 1790. The van der Waals surface area contributed by atoms with Gasteiger partial charge in [-0.25, -0.2) is 4.98 Å². The molecule has 0 bridgehead atoms. The van der Waals surface area contributed by atoms with Gasteiger partial charge in [0, 0.05) is 27.9 Å². The number of anilines is 2. The van der Waals surface area contributed by atoms with Crippen molar-refractivity contribution in [3.05, 3.63) is 93.0 Å². The van der Waals surface area contributed by atoms with Gasteiger partial charge in [-0.15, -0.1) is 11.6 Å². The van der Waals surface area contributed by atoms with Crippen LogP contribution in [0, 0.1) is 27.2 Å². The number of nitro groups is 2. The van der Waals surface area contributed by atoms with Crippen LogP contribution in [0.3, 0.4) is 0 Å². The molecule has 0 aliphatic carbocycles. The molecular weight excluding hydrogens is 782 g/mol. The van der Waals surface area contributed by atoms with E-state index in [0.29, 0.717) is 33.7 Å². The highest BCUT2D eigenvalue weighted by atomic mass is 35.5. The van der Waals surface area contributed by atoms with Crippen molar-refractivity contribution in [2.45, 2.75) is 45.1 Å². The predicted octanol–water partition coefficient (Wildman–Crippen LogP) is 9.99. The number of ketones is 1. The van der Waals surface area contributed by atoms with Crippen LogP contribution in [0.4, 0.5) is 49.2 Å². The molecule has 1 heterocycles. The van der Waals surface area contributed by atoms with Crippen LogP contribution >= 0.6 is 58.0 Å². The Morgan fingerprint density at radius 1 is 0.898 bits per heavy atom. The molecule has 266 valence electrons. The van der Waals surface area contributed by atoms with Gasteiger partial charge in [0.05, 0.1) is 37.4 Å². The molecule has 1 amide bonds. The number of aromatic nitrogens is 1. The van der Waals surface area contributed by atoms with Crippen molar-refractivity contribution >= 4 is 92.6 Å². The van der Waals surface area contributed by atoms with Gasteiger partial charge in [0.15, 0.2) is 11.5 Å². The van der Waals surface area contributed by atoms with Crippen LogP contribution in [0.25, 0.3) is 0 Å². The zero-order chi connectivity index (χ0) is 37.8. The highest BCUT2D eigenvalue weighted by Gasteiger charge is 2.42. The van der Waals surface area contributed by atoms with E-state index in [1.807, 2.05) is 5.32 Å². The number of nitrogens with one attached hydrogen (secondary N) is 2. The summed E-state index contributed by atoms with van der Waals surface area (Å²) in [5.41, 5.74) is -7.24. The zero-order valence-corrected chi connectivity index (χ0v) is 28.5. The van der Waals surface area contributed by atoms with Crippen LogP contribution in [0.5, 0.6) is 0 Å². The largest absolute Gasteiger partial charge is 0.418 e. The Morgan fingerprint density at radius 2 is 1.45 bits per heavy atom. The molecule has 0 aliphatic heterocycles. The van der Waals surface area contributed by atoms with Gasteiger partial charge in [0.2, 0.25) is 0 Å². The lowest BCUT2D eigenvalue weighted by molar-refractivity contribution is -0.392. The quantitative estimate of drug-likeness (QED) is 0.0937. The number of benzene rings is 2. The first kappa shape index (κ1) is 41.5. The fourth-order valence-corrected chi connectivity index (χ4v) is 5.00. The number of alkyl halides is 7. The third-order valence-electron chi connectivity index (χ3n) is 6.69. The van der Waals surface area contributed by atoms with Crippen LogP contribution in [-0.4, -0.2) is 37.9 Å². The fraction of sp³-hybridized carbons (Fsp3) is 0.296. The predicted molar refractivity (Wildman–Crippen MR) is 170 cm³/mol. The highest BCUT2D eigenvalue weighted by Crippen LogP contribution is 2.48. The van der Waals surface area contributed by atoms with Crippen molar-refractivity contribution < 1.29 is 45.8 Å². The number of pyridine rings is 1. The maximum atomic E-state index is 13.0. The summed E-state index contributed by atoms with van der Waals surface area (Å²) in [6.07, 6.45) is -9.41. The molecule has 3 aromatic rings. The molecule has 3 rings (SSSR count). The average molecular weight is 802 g/mol. The molecular formula is C27H20Cl5F6N5O6. The Morgan fingerprint density at radius 3 is 1.86 bits per heavy atom. The summed E-state index contributed by atoms with van der Waals surface area (Å²) < 4.78 is 77.0. The average Bonchev–Trinajstić information content (AvgIpc) is 2.98. The lowest BCUT2D eigenvalue weighted by atomic mass is 9.93. The molecule has 2 aromatic carbocycles. The number of halogens is 11. The SMILES string of the molecule is CCC(C)(NC(=O)c1cc(Cl)c(C)c(Cl)c1)C(=O)CCl.O=[N+]([O-])c1cc(C(F)(F)F)c(Cl)c([N+](=O)[O-])c1Nc1ncc(C(F)(F)F)cc1Cl. The molecule has 0 radical (unpaired) electrons. The smallest absolute Gasteiger partial charge is 0.340 e. The van der Waals surface area contributed by atoms with Crippen molar-refractivity contribution in [2.24, 2.45) is 0 Å². The number of rotatable bonds is 9. The third-order valence-corrected chi connectivity index (χ3v) is 8.39. The zero-order valence-electron chi connectivity index (χ0n) is 24.7. The molecule has 49 heavy (non-hydrogen) atoms. The fourth-order valence-electron chi connectivity index (χ4n) is 3.68. The number of carbonyl (C=O) groups is 2. The van der Waals surface area contributed by atoms with Crippen molar-refractivity contribution in [1.82, 2.24) is 10.3 Å². The molecule has 0 aliphatic rings. The number of carbonyl (C=O) groups excluding carboxylic acids is 2. The number of nitrogens with zero attached hydrogens (tertiary/aromatic N) is 3. The first-order chi connectivity index (χ1) is 22.4. The number of nitro benzene ring substituents is 2. The van der Waals surface area contributed by atoms with Crippen molar-refractivity contribution in [2.75, 3.05) is 11.2 Å². The number of hydrogen-bond acceptors (Lipinski definition) is 8. The van der Waals surface area contributed by atoms with Gasteiger partial charge < -0.3 is 10.6 Å².